The molecule has 1 aromatic carbocycles. The molecule has 0 aliphatic heterocycles. The van der Waals surface area contributed by atoms with Crippen LogP contribution in [0.5, 0.6) is 0 Å². The van der Waals surface area contributed by atoms with Gasteiger partial charge in [0.15, 0.2) is 0 Å². The second-order valence-corrected chi connectivity index (χ2v) is 5.12. The summed E-state index contributed by atoms with van der Waals surface area (Å²) in [7, 11) is 1.95. The first-order chi connectivity index (χ1) is 7.70. The van der Waals surface area contributed by atoms with Gasteiger partial charge in [-0.2, -0.15) is 0 Å². The second kappa shape index (κ2) is 4.76. The molecule has 0 aliphatic carbocycles. The minimum atomic E-state index is 0.841. The number of hydrogen-bond acceptors (Lipinski definition) is 3. The number of hydrogen-bond donors (Lipinski definition) is 1. The van der Waals surface area contributed by atoms with Gasteiger partial charge in [-0.05, 0) is 20.9 Å². The van der Waals surface area contributed by atoms with Gasteiger partial charge in [-0.1, -0.05) is 29.8 Å². The Morgan fingerprint density at radius 3 is 2.50 bits per heavy atom. The van der Waals surface area contributed by atoms with Gasteiger partial charge in [0.2, 0.25) is 0 Å². The molecular weight excluding hydrogens is 216 g/mol. The summed E-state index contributed by atoms with van der Waals surface area (Å²) in [6.07, 6.45) is 0. The maximum absolute atomic E-state index is 4.66. The van der Waals surface area contributed by atoms with Crippen LogP contribution in [0.3, 0.4) is 0 Å². The smallest absolute Gasteiger partial charge is 0.123 e. The second-order valence-electron chi connectivity index (χ2n) is 3.92. The predicted octanol–water partition coefficient (Wildman–Crippen LogP) is 3.15. The van der Waals surface area contributed by atoms with Crippen molar-refractivity contribution in [3.63, 3.8) is 0 Å². The van der Waals surface area contributed by atoms with E-state index in [1.165, 1.54) is 16.0 Å². The maximum Gasteiger partial charge on any atom is 0.123 e. The molecule has 0 spiro atoms. The molecule has 0 fully saturated rings. The van der Waals surface area contributed by atoms with Gasteiger partial charge in [0.25, 0.3) is 0 Å². The largest absolute Gasteiger partial charge is 0.314 e. The molecule has 1 aromatic heterocycles. The number of rotatable bonds is 3. The molecule has 0 amide bonds. The van der Waals surface area contributed by atoms with Crippen LogP contribution in [-0.4, -0.2) is 12.0 Å². The van der Waals surface area contributed by atoms with Crippen LogP contribution in [0.2, 0.25) is 0 Å². The van der Waals surface area contributed by atoms with Crippen molar-refractivity contribution in [1.82, 2.24) is 10.3 Å². The fourth-order valence-electron chi connectivity index (χ4n) is 1.58. The first-order valence-corrected chi connectivity index (χ1v) is 6.20. The van der Waals surface area contributed by atoms with Crippen LogP contribution in [0.4, 0.5) is 0 Å². The lowest BCUT2D eigenvalue weighted by molar-refractivity contribution is 0.793. The molecule has 0 unspecified atom stereocenters. The van der Waals surface area contributed by atoms with Crippen molar-refractivity contribution in [3.05, 3.63) is 40.4 Å². The summed E-state index contributed by atoms with van der Waals surface area (Å²) in [5, 5.41) is 4.26. The summed E-state index contributed by atoms with van der Waals surface area (Å²) in [4.78, 5) is 5.95. The fourth-order valence-corrected chi connectivity index (χ4v) is 2.51. The first-order valence-electron chi connectivity index (χ1n) is 5.38. The molecule has 2 aromatic rings. The van der Waals surface area contributed by atoms with Crippen molar-refractivity contribution in [2.24, 2.45) is 0 Å². The molecule has 0 bridgehead atoms. The Balaban J connectivity index is 2.33. The predicted molar refractivity (Wildman–Crippen MR) is 69.8 cm³/mol. The number of aromatic nitrogens is 1. The molecular formula is C13H16N2S. The van der Waals surface area contributed by atoms with E-state index in [1.54, 1.807) is 11.3 Å². The minimum absolute atomic E-state index is 0.841. The number of nitrogens with one attached hydrogen (secondary N) is 1. The fraction of sp³-hybridized carbons (Fsp3) is 0.308. The lowest BCUT2D eigenvalue weighted by Crippen LogP contribution is -2.06. The van der Waals surface area contributed by atoms with Crippen molar-refractivity contribution in [1.29, 1.82) is 0 Å². The van der Waals surface area contributed by atoms with E-state index in [2.05, 4.69) is 48.4 Å². The monoisotopic (exact) mass is 232 g/mol. The van der Waals surface area contributed by atoms with E-state index in [4.69, 9.17) is 0 Å². The average molecular weight is 232 g/mol. The third-order valence-electron chi connectivity index (χ3n) is 2.54. The molecule has 84 valence electrons. The molecule has 3 heteroatoms. The van der Waals surface area contributed by atoms with E-state index in [9.17, 15) is 0 Å². The van der Waals surface area contributed by atoms with Gasteiger partial charge in [-0.25, -0.2) is 4.98 Å². The lowest BCUT2D eigenvalue weighted by atomic mass is 10.2. The van der Waals surface area contributed by atoms with Crippen molar-refractivity contribution in [3.8, 4) is 10.6 Å². The third-order valence-corrected chi connectivity index (χ3v) is 3.60. The quantitative estimate of drug-likeness (QED) is 0.879. The van der Waals surface area contributed by atoms with E-state index in [0.717, 1.165) is 17.2 Å². The molecule has 2 rings (SSSR count). The van der Waals surface area contributed by atoms with Crippen molar-refractivity contribution < 1.29 is 0 Å². The highest BCUT2D eigenvalue weighted by molar-refractivity contribution is 7.15. The zero-order valence-electron chi connectivity index (χ0n) is 9.87. The third kappa shape index (κ3) is 2.31. The number of aryl methyl sites for hydroxylation is 2. The molecule has 0 atom stereocenters. The van der Waals surface area contributed by atoms with Crippen LogP contribution in [0.1, 0.15) is 16.1 Å². The number of nitrogens with zero attached hydrogens (tertiary/aromatic N) is 1. The average Bonchev–Trinajstić information content (AvgIpc) is 2.62. The molecule has 1 N–H and O–H groups in total. The van der Waals surface area contributed by atoms with Crippen LogP contribution < -0.4 is 5.32 Å². The lowest BCUT2D eigenvalue weighted by Gasteiger charge is -1.97. The van der Waals surface area contributed by atoms with Gasteiger partial charge in [0, 0.05) is 17.0 Å². The summed E-state index contributed by atoms with van der Waals surface area (Å²) in [6.45, 7) is 5.07. The summed E-state index contributed by atoms with van der Waals surface area (Å²) in [5.41, 5.74) is 3.65. The van der Waals surface area contributed by atoms with Crippen molar-refractivity contribution in [2.45, 2.75) is 20.4 Å². The van der Waals surface area contributed by atoms with E-state index in [1.807, 2.05) is 7.05 Å². The van der Waals surface area contributed by atoms with Gasteiger partial charge < -0.3 is 5.32 Å². The topological polar surface area (TPSA) is 24.9 Å². The minimum Gasteiger partial charge on any atom is -0.314 e. The van der Waals surface area contributed by atoms with Gasteiger partial charge in [-0.3, -0.25) is 0 Å². The van der Waals surface area contributed by atoms with Gasteiger partial charge >= 0.3 is 0 Å². The van der Waals surface area contributed by atoms with E-state index in [-0.39, 0.29) is 0 Å². The van der Waals surface area contributed by atoms with Gasteiger partial charge in [-0.15, -0.1) is 11.3 Å². The van der Waals surface area contributed by atoms with Crippen LogP contribution in [-0.2, 0) is 6.54 Å². The SMILES string of the molecule is CNCc1nc(-c2ccc(C)cc2)sc1C. The molecule has 0 aliphatic rings. The first kappa shape index (κ1) is 11.3. The molecule has 2 nitrogen and oxygen atoms in total. The molecule has 0 saturated carbocycles. The normalized spacial score (nSPS) is 10.7. The zero-order chi connectivity index (χ0) is 11.5. The maximum atomic E-state index is 4.66. The highest BCUT2D eigenvalue weighted by atomic mass is 32.1. The summed E-state index contributed by atoms with van der Waals surface area (Å²) in [6, 6.07) is 8.53. The van der Waals surface area contributed by atoms with Gasteiger partial charge in [0.1, 0.15) is 5.01 Å². The summed E-state index contributed by atoms with van der Waals surface area (Å²) >= 11 is 1.76. The van der Waals surface area contributed by atoms with Gasteiger partial charge in [0.05, 0.1) is 5.69 Å². The van der Waals surface area contributed by atoms with E-state index < -0.39 is 0 Å². The number of benzene rings is 1. The van der Waals surface area contributed by atoms with Crippen molar-refractivity contribution >= 4 is 11.3 Å². The van der Waals surface area contributed by atoms with Crippen LogP contribution in [0.15, 0.2) is 24.3 Å². The van der Waals surface area contributed by atoms with E-state index in [0.29, 0.717) is 0 Å². The zero-order valence-corrected chi connectivity index (χ0v) is 10.7. The molecule has 16 heavy (non-hydrogen) atoms. The van der Waals surface area contributed by atoms with Crippen molar-refractivity contribution in [2.75, 3.05) is 7.05 Å². The Kier molecular flexibility index (Phi) is 3.36. The number of thiazole rings is 1. The molecule has 0 radical (unpaired) electrons. The summed E-state index contributed by atoms with van der Waals surface area (Å²) < 4.78 is 0. The Bertz CT molecular complexity index is 471. The standard InChI is InChI=1S/C13H16N2S/c1-9-4-6-11(7-5-9)13-15-12(8-14-3)10(2)16-13/h4-7,14H,8H2,1-3H3. The Morgan fingerprint density at radius 1 is 1.19 bits per heavy atom. The van der Waals surface area contributed by atoms with Crippen LogP contribution >= 0.6 is 11.3 Å². The van der Waals surface area contributed by atoms with Crippen LogP contribution in [0.25, 0.3) is 10.6 Å². The van der Waals surface area contributed by atoms with Crippen LogP contribution in [0, 0.1) is 13.8 Å². The summed E-state index contributed by atoms with van der Waals surface area (Å²) in [5.74, 6) is 0. The van der Waals surface area contributed by atoms with E-state index >= 15 is 0 Å². The molecule has 1 heterocycles. The molecule has 0 saturated heterocycles. The highest BCUT2D eigenvalue weighted by Gasteiger charge is 2.08. The Morgan fingerprint density at radius 2 is 1.88 bits per heavy atom. The Hall–Kier alpha value is -1.19. The highest BCUT2D eigenvalue weighted by Crippen LogP contribution is 2.27. The Labute approximate surface area is 100 Å².